The van der Waals surface area contributed by atoms with Crippen LogP contribution in [0.2, 0.25) is 0 Å². The van der Waals surface area contributed by atoms with Crippen molar-refractivity contribution in [1.29, 1.82) is 0 Å². The minimum Gasteiger partial charge on any atom is -0.394 e. The number of aliphatic imine (C=N–C) groups is 1. The van der Waals surface area contributed by atoms with Crippen LogP contribution in [0.5, 0.6) is 0 Å². The largest absolute Gasteiger partial charge is 0.394 e. The topological polar surface area (TPSA) is 112 Å². The zero-order valence-corrected chi connectivity index (χ0v) is 10.0. The fourth-order valence-corrected chi connectivity index (χ4v) is 2.09. The first kappa shape index (κ1) is 13.0. The molecule has 18 heavy (non-hydrogen) atoms. The Hall–Kier alpha value is -1.41. The van der Waals surface area contributed by atoms with Crippen LogP contribution in [0.15, 0.2) is 29.7 Å². The van der Waals surface area contributed by atoms with Gasteiger partial charge in [0.05, 0.1) is 6.61 Å². The van der Waals surface area contributed by atoms with Crippen molar-refractivity contribution in [2.45, 2.75) is 31.0 Å². The van der Waals surface area contributed by atoms with Gasteiger partial charge in [-0.05, 0) is 13.0 Å². The van der Waals surface area contributed by atoms with Crippen LogP contribution in [0.1, 0.15) is 6.92 Å². The summed E-state index contributed by atoms with van der Waals surface area (Å²) in [6.07, 6.45) is 0.167. The summed E-state index contributed by atoms with van der Waals surface area (Å²) < 4.78 is 5.44. The average Bonchev–Trinajstić information content (AvgIpc) is 2.52. The monoisotopic (exact) mass is 255 g/mol. The third-order valence-electron chi connectivity index (χ3n) is 3.15. The number of ether oxygens (including phenoxy) is 1. The third-order valence-corrected chi connectivity index (χ3v) is 3.15. The number of hydrogen-bond acceptors (Lipinski definition) is 7. The molecule has 7 nitrogen and oxygen atoms in total. The van der Waals surface area contributed by atoms with Crippen molar-refractivity contribution in [3.05, 3.63) is 24.7 Å². The van der Waals surface area contributed by atoms with Crippen LogP contribution in [0.25, 0.3) is 0 Å². The first-order valence-electron chi connectivity index (χ1n) is 5.54. The predicted molar refractivity (Wildman–Crippen MR) is 64.1 cm³/mol. The molecule has 0 saturated carbocycles. The van der Waals surface area contributed by atoms with Gasteiger partial charge in [0.1, 0.15) is 29.5 Å². The first-order valence-corrected chi connectivity index (χ1v) is 5.54. The molecule has 1 unspecified atom stereocenters. The van der Waals surface area contributed by atoms with Crippen LogP contribution in [0, 0.1) is 0 Å². The van der Waals surface area contributed by atoms with E-state index in [9.17, 15) is 10.2 Å². The molecule has 0 radical (unpaired) electrons. The summed E-state index contributed by atoms with van der Waals surface area (Å²) in [5.41, 5.74) is 3.96. The lowest BCUT2D eigenvalue weighted by Gasteiger charge is -2.35. The SMILES string of the molecule is C=C1N=C(N)C=CN1[C@@H]1O[C@H](CO)C(O)[C@]1(C)O. The van der Waals surface area contributed by atoms with E-state index in [0.29, 0.717) is 11.7 Å². The van der Waals surface area contributed by atoms with Gasteiger partial charge in [-0.25, -0.2) is 4.99 Å². The molecule has 1 fully saturated rings. The van der Waals surface area contributed by atoms with Crippen molar-refractivity contribution >= 4 is 5.84 Å². The molecule has 100 valence electrons. The molecule has 2 aliphatic rings. The molecule has 0 aliphatic carbocycles. The number of aliphatic hydroxyl groups is 3. The second-order valence-corrected chi connectivity index (χ2v) is 4.56. The van der Waals surface area contributed by atoms with Crippen molar-refractivity contribution in [3.63, 3.8) is 0 Å². The molecule has 4 atom stereocenters. The summed E-state index contributed by atoms with van der Waals surface area (Å²) in [6, 6.07) is 0. The second-order valence-electron chi connectivity index (χ2n) is 4.56. The molecule has 2 heterocycles. The molecule has 0 amide bonds. The maximum atomic E-state index is 10.3. The Kier molecular flexibility index (Phi) is 3.16. The van der Waals surface area contributed by atoms with E-state index in [1.807, 2.05) is 0 Å². The highest BCUT2D eigenvalue weighted by Gasteiger charge is 2.54. The molecular formula is C11H17N3O4. The Bertz CT molecular complexity index is 419. The third kappa shape index (κ3) is 1.91. The average molecular weight is 255 g/mol. The Balaban J connectivity index is 2.25. The lowest BCUT2D eigenvalue weighted by molar-refractivity contribution is -0.110. The smallest absolute Gasteiger partial charge is 0.167 e. The summed E-state index contributed by atoms with van der Waals surface area (Å²) in [5.74, 6) is 0.596. The summed E-state index contributed by atoms with van der Waals surface area (Å²) in [4.78, 5) is 5.42. The van der Waals surface area contributed by atoms with Gasteiger partial charge in [-0.15, -0.1) is 0 Å². The van der Waals surface area contributed by atoms with E-state index in [4.69, 9.17) is 15.6 Å². The van der Waals surface area contributed by atoms with E-state index < -0.39 is 24.0 Å². The van der Waals surface area contributed by atoms with Crippen LogP contribution in [-0.4, -0.2) is 56.7 Å². The van der Waals surface area contributed by atoms with Gasteiger partial charge in [-0.2, -0.15) is 0 Å². The van der Waals surface area contributed by atoms with Gasteiger partial charge in [0.15, 0.2) is 6.23 Å². The molecule has 0 spiro atoms. The quantitative estimate of drug-likeness (QED) is 0.476. The Morgan fingerprint density at radius 1 is 1.67 bits per heavy atom. The fraction of sp³-hybridized carbons (Fsp3) is 0.545. The molecule has 2 rings (SSSR count). The molecule has 0 aromatic heterocycles. The first-order chi connectivity index (χ1) is 8.37. The lowest BCUT2D eigenvalue weighted by atomic mass is 9.96. The highest BCUT2D eigenvalue weighted by atomic mass is 16.6. The number of nitrogens with zero attached hydrogens (tertiary/aromatic N) is 2. The van der Waals surface area contributed by atoms with E-state index in [2.05, 4.69) is 11.6 Å². The number of hydrogen-bond donors (Lipinski definition) is 4. The summed E-state index contributed by atoms with van der Waals surface area (Å²) >= 11 is 0. The summed E-state index contributed by atoms with van der Waals surface area (Å²) in [6.45, 7) is 4.75. The van der Waals surface area contributed by atoms with Gasteiger partial charge in [-0.1, -0.05) is 6.58 Å². The number of aliphatic hydroxyl groups excluding tert-OH is 2. The van der Waals surface area contributed by atoms with Crippen molar-refractivity contribution < 1.29 is 20.1 Å². The van der Waals surface area contributed by atoms with Crippen molar-refractivity contribution in [1.82, 2.24) is 4.90 Å². The Morgan fingerprint density at radius 3 is 2.83 bits per heavy atom. The Labute approximate surface area is 104 Å². The van der Waals surface area contributed by atoms with Crippen LogP contribution in [0.4, 0.5) is 0 Å². The van der Waals surface area contributed by atoms with Crippen LogP contribution >= 0.6 is 0 Å². The van der Waals surface area contributed by atoms with Gasteiger partial charge in [0.25, 0.3) is 0 Å². The van der Waals surface area contributed by atoms with Crippen molar-refractivity contribution in [2.75, 3.05) is 6.61 Å². The van der Waals surface area contributed by atoms with Crippen molar-refractivity contribution in [2.24, 2.45) is 10.7 Å². The maximum Gasteiger partial charge on any atom is 0.167 e. The summed E-state index contributed by atoms with van der Waals surface area (Å²) in [5, 5.41) is 29.2. The van der Waals surface area contributed by atoms with Gasteiger partial charge < -0.3 is 30.7 Å². The van der Waals surface area contributed by atoms with Crippen LogP contribution in [0.3, 0.4) is 0 Å². The zero-order chi connectivity index (χ0) is 13.5. The number of amidine groups is 1. The molecule has 0 aromatic carbocycles. The van der Waals surface area contributed by atoms with Gasteiger partial charge >= 0.3 is 0 Å². The minimum absolute atomic E-state index is 0.297. The van der Waals surface area contributed by atoms with Gasteiger partial charge in [0, 0.05) is 6.20 Å². The van der Waals surface area contributed by atoms with Crippen molar-refractivity contribution in [3.8, 4) is 0 Å². The fourth-order valence-electron chi connectivity index (χ4n) is 2.09. The second kappa shape index (κ2) is 4.36. The standard InChI is InChI=1S/C11H17N3O4/c1-6-13-8(12)3-4-14(6)10-11(2,17)9(16)7(5-15)18-10/h3-4,7,9-10,15-17H,1,5H2,2H3,(H2,12,13)/t7-,9?,10-,11+/m1/s1. The van der Waals surface area contributed by atoms with E-state index in [0.717, 1.165) is 0 Å². The highest BCUT2D eigenvalue weighted by molar-refractivity contribution is 5.92. The predicted octanol–water partition coefficient (Wildman–Crippen LogP) is -1.53. The Morgan fingerprint density at radius 2 is 2.33 bits per heavy atom. The molecular weight excluding hydrogens is 238 g/mol. The van der Waals surface area contributed by atoms with E-state index in [1.54, 1.807) is 6.20 Å². The molecule has 0 aromatic rings. The molecule has 1 saturated heterocycles. The van der Waals surface area contributed by atoms with E-state index in [1.165, 1.54) is 17.9 Å². The number of rotatable bonds is 2. The lowest BCUT2D eigenvalue weighted by Crippen LogP contribution is -2.51. The van der Waals surface area contributed by atoms with E-state index in [-0.39, 0.29) is 6.61 Å². The summed E-state index contributed by atoms with van der Waals surface area (Å²) in [7, 11) is 0. The molecule has 0 bridgehead atoms. The zero-order valence-electron chi connectivity index (χ0n) is 10.0. The van der Waals surface area contributed by atoms with Gasteiger partial charge in [-0.3, -0.25) is 0 Å². The molecule has 7 heteroatoms. The van der Waals surface area contributed by atoms with Crippen LogP contribution < -0.4 is 5.73 Å². The van der Waals surface area contributed by atoms with Crippen LogP contribution in [-0.2, 0) is 4.74 Å². The highest BCUT2D eigenvalue weighted by Crippen LogP contribution is 2.35. The molecule has 2 aliphatic heterocycles. The normalized spacial score (nSPS) is 40.2. The molecule has 5 N–H and O–H groups in total. The maximum absolute atomic E-state index is 10.3. The number of nitrogens with two attached hydrogens (primary N) is 1. The minimum atomic E-state index is -1.55. The van der Waals surface area contributed by atoms with Gasteiger partial charge in [0.2, 0.25) is 0 Å². The van der Waals surface area contributed by atoms with E-state index >= 15 is 0 Å².